The number of nitrogens with two attached hydrogens (primary N) is 1. The first-order valence-electron chi connectivity index (χ1n) is 1.99. The molecule has 0 saturated heterocycles. The van der Waals surface area contributed by atoms with Gasteiger partial charge in [0, 0.05) is 10.5 Å². The number of nitrogens with zero attached hydrogens (tertiary/aromatic N) is 1. The third kappa shape index (κ3) is 4.02. The van der Waals surface area contributed by atoms with Crippen LogP contribution in [0.15, 0.2) is 0 Å². The predicted molar refractivity (Wildman–Crippen MR) is 37.1 cm³/mol. The van der Waals surface area contributed by atoms with Crippen LogP contribution in [0.5, 0.6) is 0 Å². The van der Waals surface area contributed by atoms with Gasteiger partial charge in [-0.1, -0.05) is 22.6 Å². The van der Waals surface area contributed by atoms with Crippen LogP contribution in [0.3, 0.4) is 0 Å². The Morgan fingerprint density at radius 2 is 2.43 bits per heavy atom. The summed E-state index contributed by atoms with van der Waals surface area (Å²) in [6.07, 6.45) is 0.475. The van der Waals surface area contributed by atoms with Crippen molar-refractivity contribution in [3.8, 4) is 6.07 Å². The molecule has 0 aromatic heterocycles. The molecule has 0 bridgehead atoms. The Labute approximate surface area is 56.8 Å². The zero-order valence-corrected chi connectivity index (χ0v) is 6.05. The van der Waals surface area contributed by atoms with E-state index in [0.29, 0.717) is 6.42 Å². The van der Waals surface area contributed by atoms with E-state index in [1.165, 1.54) is 0 Å². The minimum atomic E-state index is 0.0746. The van der Waals surface area contributed by atoms with Crippen LogP contribution in [0.25, 0.3) is 0 Å². The van der Waals surface area contributed by atoms with Gasteiger partial charge in [0.05, 0.1) is 12.5 Å². The second kappa shape index (κ2) is 4.34. The molecule has 0 spiro atoms. The van der Waals surface area contributed by atoms with Crippen LogP contribution in [0.1, 0.15) is 6.42 Å². The van der Waals surface area contributed by atoms with E-state index in [0.717, 1.165) is 4.43 Å². The van der Waals surface area contributed by atoms with Gasteiger partial charge in [0.2, 0.25) is 0 Å². The lowest BCUT2D eigenvalue weighted by Gasteiger charge is -1.96. The highest BCUT2D eigenvalue weighted by Gasteiger charge is 1.94. The van der Waals surface area contributed by atoms with E-state index in [1.807, 2.05) is 6.07 Å². The van der Waals surface area contributed by atoms with Gasteiger partial charge < -0.3 is 5.73 Å². The lowest BCUT2D eigenvalue weighted by atomic mass is 10.3. The van der Waals surface area contributed by atoms with Crippen molar-refractivity contribution in [1.29, 1.82) is 5.26 Å². The number of halogens is 1. The number of hydrogen-bond acceptors (Lipinski definition) is 2. The molecule has 0 saturated carbocycles. The number of alkyl halides is 1. The van der Waals surface area contributed by atoms with Gasteiger partial charge in [0.25, 0.3) is 0 Å². The molecule has 0 aliphatic rings. The van der Waals surface area contributed by atoms with Crippen molar-refractivity contribution >= 4 is 22.6 Å². The van der Waals surface area contributed by atoms with E-state index in [2.05, 4.69) is 22.6 Å². The Bertz CT molecular complexity index is 76.2. The van der Waals surface area contributed by atoms with E-state index in [-0.39, 0.29) is 6.04 Å². The molecular formula is C4H7IN2. The fourth-order valence-electron chi connectivity index (χ4n) is 0.172. The molecule has 0 aliphatic heterocycles. The monoisotopic (exact) mass is 210 g/mol. The maximum Gasteiger partial charge on any atom is 0.0638 e. The van der Waals surface area contributed by atoms with Crippen LogP contribution in [-0.2, 0) is 0 Å². The predicted octanol–water partition coefficient (Wildman–Crippen LogP) is 0.662. The maximum atomic E-state index is 8.03. The van der Waals surface area contributed by atoms with Gasteiger partial charge in [-0.05, 0) is 0 Å². The summed E-state index contributed by atoms with van der Waals surface area (Å²) in [6.45, 7) is 0. The smallest absolute Gasteiger partial charge is 0.0638 e. The molecule has 0 aromatic rings. The average Bonchev–Trinajstić information content (AvgIpc) is 1.68. The third-order valence-electron chi connectivity index (χ3n) is 0.552. The van der Waals surface area contributed by atoms with Crippen LogP contribution >= 0.6 is 22.6 Å². The summed E-state index contributed by atoms with van der Waals surface area (Å²) in [5.41, 5.74) is 5.35. The van der Waals surface area contributed by atoms with E-state index in [9.17, 15) is 0 Å². The normalized spacial score (nSPS) is 12.7. The number of hydrogen-bond donors (Lipinski definition) is 1. The fraction of sp³-hybridized carbons (Fsp3) is 0.750. The largest absolute Gasteiger partial charge is 0.326 e. The van der Waals surface area contributed by atoms with E-state index < -0.39 is 0 Å². The molecule has 0 aliphatic carbocycles. The lowest BCUT2D eigenvalue weighted by molar-refractivity contribution is 0.787. The number of rotatable bonds is 2. The maximum absolute atomic E-state index is 8.03. The van der Waals surface area contributed by atoms with E-state index in [4.69, 9.17) is 11.0 Å². The highest BCUT2D eigenvalue weighted by molar-refractivity contribution is 14.1. The second-order valence-corrected chi connectivity index (χ2v) is 2.16. The Kier molecular flexibility index (Phi) is 4.45. The molecule has 0 heterocycles. The first kappa shape index (κ1) is 7.18. The van der Waals surface area contributed by atoms with Crippen molar-refractivity contribution in [2.45, 2.75) is 12.5 Å². The fourth-order valence-corrected chi connectivity index (χ4v) is 0.483. The van der Waals surface area contributed by atoms with Gasteiger partial charge >= 0.3 is 0 Å². The SMILES string of the molecule is N#CCC(N)CI. The van der Waals surface area contributed by atoms with Gasteiger partial charge in [-0.2, -0.15) is 5.26 Å². The Morgan fingerprint density at radius 1 is 1.86 bits per heavy atom. The average molecular weight is 210 g/mol. The summed E-state index contributed by atoms with van der Waals surface area (Å²) in [5.74, 6) is 0. The van der Waals surface area contributed by atoms with Crippen molar-refractivity contribution in [3.05, 3.63) is 0 Å². The molecule has 0 fully saturated rings. The van der Waals surface area contributed by atoms with Crippen molar-refractivity contribution in [3.63, 3.8) is 0 Å². The molecule has 0 rings (SSSR count). The summed E-state index contributed by atoms with van der Waals surface area (Å²) < 4.78 is 0.866. The zero-order chi connectivity index (χ0) is 5.70. The highest BCUT2D eigenvalue weighted by Crippen LogP contribution is 1.90. The number of nitriles is 1. The van der Waals surface area contributed by atoms with E-state index >= 15 is 0 Å². The summed E-state index contributed by atoms with van der Waals surface area (Å²) in [4.78, 5) is 0. The third-order valence-corrected chi connectivity index (χ3v) is 1.68. The highest BCUT2D eigenvalue weighted by atomic mass is 127. The molecule has 3 heteroatoms. The molecule has 2 nitrogen and oxygen atoms in total. The summed E-state index contributed by atoms with van der Waals surface area (Å²) in [7, 11) is 0. The molecule has 1 atom stereocenters. The minimum Gasteiger partial charge on any atom is -0.326 e. The van der Waals surface area contributed by atoms with Crippen molar-refractivity contribution in [1.82, 2.24) is 0 Å². The van der Waals surface area contributed by atoms with Gasteiger partial charge in [0.15, 0.2) is 0 Å². The van der Waals surface area contributed by atoms with Gasteiger partial charge in [-0.3, -0.25) is 0 Å². The van der Waals surface area contributed by atoms with Gasteiger partial charge in [0.1, 0.15) is 0 Å². The Hall–Kier alpha value is 0.180. The van der Waals surface area contributed by atoms with Crippen LogP contribution in [0.2, 0.25) is 0 Å². The Morgan fingerprint density at radius 3 is 2.57 bits per heavy atom. The standard InChI is InChI=1S/C4H7IN2/c5-3-4(7)1-2-6/h4H,1,3,7H2. The molecule has 7 heavy (non-hydrogen) atoms. The van der Waals surface area contributed by atoms with Gasteiger partial charge in [-0.25, -0.2) is 0 Å². The van der Waals surface area contributed by atoms with Crippen molar-refractivity contribution in [2.24, 2.45) is 5.73 Å². The molecular weight excluding hydrogens is 203 g/mol. The summed E-state index contributed by atoms with van der Waals surface area (Å²) in [5, 5.41) is 8.03. The van der Waals surface area contributed by atoms with E-state index in [1.54, 1.807) is 0 Å². The molecule has 1 unspecified atom stereocenters. The quantitative estimate of drug-likeness (QED) is 0.537. The molecule has 0 radical (unpaired) electrons. The van der Waals surface area contributed by atoms with Crippen LogP contribution in [0, 0.1) is 11.3 Å². The second-order valence-electron chi connectivity index (χ2n) is 1.28. The van der Waals surface area contributed by atoms with Crippen molar-refractivity contribution < 1.29 is 0 Å². The Balaban J connectivity index is 3.03. The summed E-state index contributed by atoms with van der Waals surface area (Å²) in [6, 6.07) is 2.06. The van der Waals surface area contributed by atoms with Crippen LogP contribution in [-0.4, -0.2) is 10.5 Å². The first-order chi connectivity index (χ1) is 3.31. The molecule has 2 N–H and O–H groups in total. The zero-order valence-electron chi connectivity index (χ0n) is 3.89. The molecule has 0 aromatic carbocycles. The van der Waals surface area contributed by atoms with Crippen LogP contribution in [0.4, 0.5) is 0 Å². The molecule has 0 amide bonds. The topological polar surface area (TPSA) is 49.8 Å². The van der Waals surface area contributed by atoms with Crippen LogP contribution < -0.4 is 5.73 Å². The molecule has 40 valence electrons. The summed E-state index contributed by atoms with van der Waals surface area (Å²) >= 11 is 2.16. The first-order valence-corrected chi connectivity index (χ1v) is 3.52. The lowest BCUT2D eigenvalue weighted by Crippen LogP contribution is -2.19. The minimum absolute atomic E-state index is 0.0746. The van der Waals surface area contributed by atoms with Crippen molar-refractivity contribution in [2.75, 3.05) is 4.43 Å². The van der Waals surface area contributed by atoms with Gasteiger partial charge in [-0.15, -0.1) is 0 Å².